The highest BCUT2D eigenvalue weighted by molar-refractivity contribution is 5.88. The summed E-state index contributed by atoms with van der Waals surface area (Å²) in [6.07, 6.45) is 0. The average Bonchev–Trinajstić information content (AvgIpc) is 2.05. The highest BCUT2D eigenvalue weighted by Crippen LogP contribution is 2.09. The van der Waals surface area contributed by atoms with E-state index in [0.717, 1.165) is 0 Å². The number of carboxylic acids is 1. The number of diazo groups is 1. The Labute approximate surface area is 68.2 Å². The molecule has 0 amide bonds. The van der Waals surface area contributed by atoms with Crippen molar-refractivity contribution in [1.29, 1.82) is 5.39 Å². The molecule has 0 unspecified atom stereocenters. The van der Waals surface area contributed by atoms with Gasteiger partial charge >= 0.3 is 11.1 Å². The van der Waals surface area contributed by atoms with Gasteiger partial charge in [-0.1, -0.05) is 6.07 Å². The fourth-order valence-electron chi connectivity index (χ4n) is 0.780. The minimum Gasteiger partial charge on any atom is -0.478 e. The Morgan fingerprint density at radius 2 is 2.33 bits per heavy atom. The first-order valence-corrected chi connectivity index (χ1v) is 3.17. The molecule has 0 heterocycles. The maximum Gasteiger partial charge on any atom is 0.335 e. The van der Waals surface area contributed by atoms with Crippen LogP contribution >= 0.6 is 0 Å². The third-order valence-electron chi connectivity index (χ3n) is 1.29. The number of rotatable bonds is 2. The van der Waals surface area contributed by atoms with Crippen molar-refractivity contribution < 1.29 is 9.90 Å². The number of benzene rings is 1. The monoisotopic (exact) mass is 164 g/mol. The molecule has 0 bridgehead atoms. The molecule has 1 aromatic rings. The SMILES string of the molecule is N#[N+]Nc1cccc(C(=O)O)c1. The van der Waals surface area contributed by atoms with Crippen LogP contribution in [0.25, 0.3) is 5.08 Å². The first-order valence-electron chi connectivity index (χ1n) is 3.17. The summed E-state index contributed by atoms with van der Waals surface area (Å²) in [6, 6.07) is 5.95. The summed E-state index contributed by atoms with van der Waals surface area (Å²) in [5.74, 6) is -1.02. The molecule has 0 saturated heterocycles. The number of carboxylic acid groups (broad SMARTS) is 1. The zero-order valence-corrected chi connectivity index (χ0v) is 6.06. The number of carbonyl (C=O) groups is 1. The van der Waals surface area contributed by atoms with E-state index < -0.39 is 5.97 Å². The molecule has 5 nitrogen and oxygen atoms in total. The van der Waals surface area contributed by atoms with Gasteiger partial charge in [-0.3, -0.25) is 0 Å². The quantitative estimate of drug-likeness (QED) is 0.513. The van der Waals surface area contributed by atoms with Crippen LogP contribution in [-0.4, -0.2) is 11.1 Å². The second kappa shape index (κ2) is 3.34. The summed E-state index contributed by atoms with van der Waals surface area (Å²) in [6.45, 7) is 0. The van der Waals surface area contributed by atoms with E-state index in [-0.39, 0.29) is 5.56 Å². The first-order chi connectivity index (χ1) is 5.74. The number of nitrogens with one attached hydrogen (secondary N) is 1. The van der Waals surface area contributed by atoms with Gasteiger partial charge in [-0.05, 0) is 23.6 Å². The van der Waals surface area contributed by atoms with E-state index in [2.05, 4.69) is 10.5 Å². The molecule has 0 radical (unpaired) electrons. The molecule has 5 heteroatoms. The Kier molecular flexibility index (Phi) is 2.23. The topological polar surface area (TPSA) is 77.5 Å². The molecular weight excluding hydrogens is 158 g/mol. The van der Waals surface area contributed by atoms with E-state index in [1.54, 1.807) is 12.1 Å². The molecule has 1 aromatic carbocycles. The van der Waals surface area contributed by atoms with Gasteiger partial charge < -0.3 is 5.11 Å². The van der Waals surface area contributed by atoms with Crippen molar-refractivity contribution in [3.05, 3.63) is 34.9 Å². The summed E-state index contributed by atoms with van der Waals surface area (Å²) in [5, 5.41) is 19.3. The highest BCUT2D eigenvalue weighted by Gasteiger charge is 2.04. The summed E-state index contributed by atoms with van der Waals surface area (Å²) < 4.78 is 0. The standard InChI is InChI=1S/C7H5N3O2/c8-10-9-6-3-1-2-5(4-6)7(11)12/h1-4,9H/p+1. The lowest BCUT2D eigenvalue weighted by molar-refractivity contribution is 0.0697. The maximum absolute atomic E-state index is 10.4. The summed E-state index contributed by atoms with van der Waals surface area (Å²) in [7, 11) is 0. The molecule has 0 atom stereocenters. The normalized spacial score (nSPS) is 8.58. The lowest BCUT2D eigenvalue weighted by Gasteiger charge is -1.92. The second-order valence-corrected chi connectivity index (χ2v) is 2.10. The molecule has 0 aliphatic carbocycles. The zero-order chi connectivity index (χ0) is 8.97. The Hall–Kier alpha value is -2.09. The van der Waals surface area contributed by atoms with Gasteiger partial charge in [0.15, 0.2) is 0 Å². The van der Waals surface area contributed by atoms with E-state index in [9.17, 15) is 4.79 Å². The van der Waals surface area contributed by atoms with Gasteiger partial charge in [0.1, 0.15) is 5.69 Å². The summed E-state index contributed by atoms with van der Waals surface area (Å²) in [5.41, 5.74) is 2.79. The molecule has 0 spiro atoms. The molecule has 0 aliphatic heterocycles. The van der Waals surface area contributed by atoms with E-state index in [0.29, 0.717) is 5.69 Å². The molecule has 0 aliphatic rings. The van der Waals surface area contributed by atoms with Gasteiger partial charge in [0.25, 0.3) is 5.39 Å². The van der Waals surface area contributed by atoms with Gasteiger partial charge in [0, 0.05) is 0 Å². The summed E-state index contributed by atoms with van der Waals surface area (Å²) in [4.78, 5) is 10.4. The van der Waals surface area contributed by atoms with E-state index in [1.807, 2.05) is 0 Å². The van der Waals surface area contributed by atoms with Crippen molar-refractivity contribution in [2.24, 2.45) is 0 Å². The zero-order valence-electron chi connectivity index (χ0n) is 6.06. The van der Waals surface area contributed by atoms with Crippen LogP contribution < -0.4 is 5.43 Å². The summed E-state index contributed by atoms with van der Waals surface area (Å²) >= 11 is 0. The molecule has 0 aromatic heterocycles. The van der Waals surface area contributed by atoms with Gasteiger partial charge in [-0.15, -0.1) is 0 Å². The molecule has 1 rings (SSSR count). The predicted molar refractivity (Wildman–Crippen MR) is 42.1 cm³/mol. The third kappa shape index (κ3) is 1.70. The number of nitrogens with zero attached hydrogens (tertiary/aromatic N) is 2. The Bertz CT molecular complexity index is 343. The number of hydrogen-bond donors (Lipinski definition) is 2. The Morgan fingerprint density at radius 3 is 2.92 bits per heavy atom. The van der Waals surface area contributed by atoms with Crippen molar-refractivity contribution in [1.82, 2.24) is 0 Å². The fraction of sp³-hybridized carbons (Fsp3) is 0. The first kappa shape index (κ1) is 8.01. The Balaban J connectivity index is 2.97. The van der Waals surface area contributed by atoms with Crippen LogP contribution in [0.2, 0.25) is 0 Å². The van der Waals surface area contributed by atoms with Crippen LogP contribution in [-0.2, 0) is 0 Å². The molecule has 60 valence electrons. The molecular formula is C7H6N3O2+. The lowest BCUT2D eigenvalue weighted by Crippen LogP contribution is -1.96. The number of hydrogen-bond acceptors (Lipinski definition) is 3. The predicted octanol–water partition coefficient (Wildman–Crippen LogP) is 1.56. The van der Waals surface area contributed by atoms with Crippen LogP contribution in [0.4, 0.5) is 5.69 Å². The van der Waals surface area contributed by atoms with Crippen molar-refractivity contribution in [3.63, 3.8) is 0 Å². The van der Waals surface area contributed by atoms with Crippen LogP contribution in [0, 0.1) is 5.39 Å². The fourth-order valence-corrected chi connectivity index (χ4v) is 0.780. The second-order valence-electron chi connectivity index (χ2n) is 2.10. The molecule has 0 fully saturated rings. The van der Waals surface area contributed by atoms with Gasteiger partial charge in [0.05, 0.1) is 5.56 Å². The third-order valence-corrected chi connectivity index (χ3v) is 1.29. The van der Waals surface area contributed by atoms with Crippen LogP contribution in [0.3, 0.4) is 0 Å². The van der Waals surface area contributed by atoms with Crippen molar-refractivity contribution in [2.45, 2.75) is 0 Å². The van der Waals surface area contributed by atoms with E-state index >= 15 is 0 Å². The number of aromatic carboxylic acids is 1. The van der Waals surface area contributed by atoms with Crippen molar-refractivity contribution >= 4 is 11.7 Å². The van der Waals surface area contributed by atoms with Crippen molar-refractivity contribution in [3.8, 4) is 0 Å². The van der Waals surface area contributed by atoms with Gasteiger partial charge in [-0.25, -0.2) is 4.79 Å². The molecule has 12 heavy (non-hydrogen) atoms. The van der Waals surface area contributed by atoms with Crippen molar-refractivity contribution in [2.75, 3.05) is 5.43 Å². The van der Waals surface area contributed by atoms with Gasteiger partial charge in [-0.2, -0.15) is 0 Å². The largest absolute Gasteiger partial charge is 0.478 e. The van der Waals surface area contributed by atoms with Crippen LogP contribution in [0.15, 0.2) is 24.3 Å². The minimum absolute atomic E-state index is 0.142. The smallest absolute Gasteiger partial charge is 0.335 e. The minimum atomic E-state index is -1.02. The van der Waals surface area contributed by atoms with E-state index in [4.69, 9.17) is 10.5 Å². The number of anilines is 1. The molecule has 0 saturated carbocycles. The Morgan fingerprint density at radius 1 is 1.58 bits per heavy atom. The van der Waals surface area contributed by atoms with Crippen LogP contribution in [0.1, 0.15) is 10.4 Å². The van der Waals surface area contributed by atoms with E-state index in [1.165, 1.54) is 12.1 Å². The lowest BCUT2D eigenvalue weighted by atomic mass is 10.2. The molecule has 2 N–H and O–H groups in total. The van der Waals surface area contributed by atoms with Crippen LogP contribution in [0.5, 0.6) is 0 Å². The van der Waals surface area contributed by atoms with Gasteiger partial charge in [0.2, 0.25) is 0 Å². The highest BCUT2D eigenvalue weighted by atomic mass is 16.4. The maximum atomic E-state index is 10.4. The average molecular weight is 164 g/mol.